The maximum absolute atomic E-state index is 12.2. The molecule has 1 aliphatic heterocycles. The molecule has 1 saturated heterocycles. The van der Waals surface area contributed by atoms with Gasteiger partial charge >= 0.3 is 0 Å². The molecule has 1 aromatic heterocycles. The van der Waals surface area contributed by atoms with Gasteiger partial charge in [-0.25, -0.2) is 4.98 Å². The van der Waals surface area contributed by atoms with E-state index in [9.17, 15) is 4.79 Å². The molecule has 1 fully saturated rings. The van der Waals surface area contributed by atoms with Crippen LogP contribution in [0, 0.1) is 11.8 Å². The summed E-state index contributed by atoms with van der Waals surface area (Å²) >= 11 is 1.92. The average molecular weight is 289 g/mol. The summed E-state index contributed by atoms with van der Waals surface area (Å²) in [6.07, 6.45) is 3.96. The fraction of sp³-hybridized carbons (Fsp3) is 0.467. The molecular formula is C15H19N3OS. The van der Waals surface area contributed by atoms with Gasteiger partial charge in [-0.1, -0.05) is 11.8 Å². The minimum absolute atomic E-state index is 0.146. The number of nitrogens with two attached hydrogens (primary N) is 1. The smallest absolute Gasteiger partial charge is 0.271 e. The van der Waals surface area contributed by atoms with Gasteiger partial charge in [0, 0.05) is 17.5 Å². The highest BCUT2D eigenvalue weighted by atomic mass is 32.2. The molecule has 0 saturated carbocycles. The first-order chi connectivity index (χ1) is 9.64. The summed E-state index contributed by atoms with van der Waals surface area (Å²) in [7, 11) is 0. The molecule has 0 spiro atoms. The van der Waals surface area contributed by atoms with Crippen molar-refractivity contribution in [3.05, 3.63) is 29.6 Å². The highest BCUT2D eigenvalue weighted by Crippen LogP contribution is 2.36. The van der Waals surface area contributed by atoms with Crippen LogP contribution in [-0.4, -0.2) is 34.5 Å². The SMILES string of the molecule is CC1(CNC(=O)c2ncccc2C#CCN)CCCS1. The number of aromatic nitrogens is 1. The Balaban J connectivity index is 2.05. The Morgan fingerprint density at radius 2 is 2.50 bits per heavy atom. The molecule has 0 bridgehead atoms. The van der Waals surface area contributed by atoms with Crippen LogP contribution in [0.2, 0.25) is 0 Å². The number of hydrogen-bond donors (Lipinski definition) is 2. The molecule has 2 rings (SSSR count). The van der Waals surface area contributed by atoms with Crippen molar-refractivity contribution in [3.8, 4) is 11.8 Å². The second-order valence-electron chi connectivity index (χ2n) is 4.99. The zero-order valence-corrected chi connectivity index (χ0v) is 12.4. The molecule has 1 aliphatic rings. The predicted molar refractivity (Wildman–Crippen MR) is 82.6 cm³/mol. The van der Waals surface area contributed by atoms with Gasteiger partial charge in [-0.2, -0.15) is 11.8 Å². The van der Waals surface area contributed by atoms with Gasteiger partial charge in [0.2, 0.25) is 0 Å². The monoisotopic (exact) mass is 289 g/mol. The number of amides is 1. The molecule has 0 aromatic carbocycles. The van der Waals surface area contributed by atoms with Gasteiger partial charge < -0.3 is 11.1 Å². The number of carbonyl (C=O) groups is 1. The van der Waals surface area contributed by atoms with Crippen LogP contribution in [0.25, 0.3) is 0 Å². The molecule has 2 heterocycles. The van der Waals surface area contributed by atoms with Crippen LogP contribution in [0.1, 0.15) is 35.8 Å². The molecule has 1 amide bonds. The normalized spacial score (nSPS) is 21.1. The number of rotatable bonds is 3. The maximum atomic E-state index is 12.2. The lowest BCUT2D eigenvalue weighted by molar-refractivity contribution is 0.0944. The molecular weight excluding hydrogens is 270 g/mol. The first-order valence-electron chi connectivity index (χ1n) is 6.71. The van der Waals surface area contributed by atoms with Crippen LogP contribution in [0.5, 0.6) is 0 Å². The van der Waals surface area contributed by atoms with E-state index < -0.39 is 0 Å². The number of pyridine rings is 1. The fourth-order valence-electron chi connectivity index (χ4n) is 2.16. The van der Waals surface area contributed by atoms with E-state index in [1.807, 2.05) is 11.8 Å². The van der Waals surface area contributed by atoms with E-state index in [0.717, 1.165) is 6.42 Å². The number of hydrogen-bond acceptors (Lipinski definition) is 4. The Labute approximate surface area is 123 Å². The molecule has 4 nitrogen and oxygen atoms in total. The van der Waals surface area contributed by atoms with Crippen molar-refractivity contribution < 1.29 is 4.79 Å². The third-order valence-electron chi connectivity index (χ3n) is 3.27. The molecule has 106 valence electrons. The van der Waals surface area contributed by atoms with Gasteiger partial charge in [0.05, 0.1) is 12.1 Å². The zero-order valence-electron chi connectivity index (χ0n) is 11.6. The van der Waals surface area contributed by atoms with Crippen molar-refractivity contribution in [2.75, 3.05) is 18.8 Å². The van der Waals surface area contributed by atoms with E-state index in [4.69, 9.17) is 5.73 Å². The molecule has 20 heavy (non-hydrogen) atoms. The first kappa shape index (κ1) is 14.9. The van der Waals surface area contributed by atoms with Crippen LogP contribution in [0.4, 0.5) is 0 Å². The van der Waals surface area contributed by atoms with Gasteiger partial charge in [-0.3, -0.25) is 4.79 Å². The van der Waals surface area contributed by atoms with Gasteiger partial charge in [0.1, 0.15) is 5.69 Å². The molecule has 1 aromatic rings. The highest BCUT2D eigenvalue weighted by Gasteiger charge is 2.30. The van der Waals surface area contributed by atoms with E-state index in [1.165, 1.54) is 12.2 Å². The second-order valence-corrected chi connectivity index (χ2v) is 6.67. The van der Waals surface area contributed by atoms with E-state index >= 15 is 0 Å². The number of carbonyl (C=O) groups excluding carboxylic acids is 1. The molecule has 3 N–H and O–H groups in total. The summed E-state index contributed by atoms with van der Waals surface area (Å²) < 4.78 is 0.146. The molecule has 1 atom stereocenters. The summed E-state index contributed by atoms with van der Waals surface area (Å²) in [5.41, 5.74) is 6.36. The molecule has 0 aliphatic carbocycles. The Morgan fingerprint density at radius 3 is 3.20 bits per heavy atom. The van der Waals surface area contributed by atoms with Crippen LogP contribution in [-0.2, 0) is 0 Å². The summed E-state index contributed by atoms with van der Waals surface area (Å²) in [5, 5.41) is 2.98. The quantitative estimate of drug-likeness (QED) is 0.826. The fourth-order valence-corrected chi connectivity index (χ4v) is 3.40. The lowest BCUT2D eigenvalue weighted by Gasteiger charge is -2.22. The molecule has 5 heteroatoms. The number of nitrogens with zero attached hydrogens (tertiary/aromatic N) is 1. The minimum Gasteiger partial charge on any atom is -0.349 e. The molecule has 1 unspecified atom stereocenters. The van der Waals surface area contributed by atoms with E-state index in [0.29, 0.717) is 17.8 Å². The van der Waals surface area contributed by atoms with Gasteiger partial charge in [0.15, 0.2) is 0 Å². The van der Waals surface area contributed by atoms with E-state index in [2.05, 4.69) is 29.1 Å². The van der Waals surface area contributed by atoms with Gasteiger partial charge in [-0.05, 0) is 37.7 Å². The standard InChI is InChI=1S/C15H19N3OS/c1-15(7-4-10-20-15)11-18-14(19)13-12(5-2-8-16)6-3-9-17-13/h3,6,9H,4,7-8,10-11,16H2,1H3,(H,18,19). The summed E-state index contributed by atoms with van der Waals surface area (Å²) in [4.78, 5) is 16.4. The van der Waals surface area contributed by atoms with Crippen molar-refractivity contribution in [1.82, 2.24) is 10.3 Å². The average Bonchev–Trinajstić information content (AvgIpc) is 2.90. The van der Waals surface area contributed by atoms with E-state index in [-0.39, 0.29) is 17.2 Å². The minimum atomic E-state index is -0.166. The van der Waals surface area contributed by atoms with Gasteiger partial charge in [-0.15, -0.1) is 0 Å². The predicted octanol–water partition coefficient (Wildman–Crippen LogP) is 1.41. The van der Waals surface area contributed by atoms with E-state index in [1.54, 1.807) is 18.3 Å². The second kappa shape index (κ2) is 6.78. The topological polar surface area (TPSA) is 68.0 Å². The van der Waals surface area contributed by atoms with Crippen molar-refractivity contribution >= 4 is 17.7 Å². The maximum Gasteiger partial charge on any atom is 0.271 e. The van der Waals surface area contributed by atoms with Gasteiger partial charge in [0.25, 0.3) is 5.91 Å². The van der Waals surface area contributed by atoms with Crippen LogP contribution in [0.3, 0.4) is 0 Å². The summed E-state index contributed by atoms with van der Waals surface area (Å²) in [6.45, 7) is 3.13. The first-order valence-corrected chi connectivity index (χ1v) is 7.69. The van der Waals surface area contributed by atoms with Crippen molar-refractivity contribution in [2.45, 2.75) is 24.5 Å². The lowest BCUT2D eigenvalue weighted by Crippen LogP contribution is -2.37. The Bertz CT molecular complexity index is 542. The summed E-state index contributed by atoms with van der Waals surface area (Å²) in [5.74, 6) is 6.65. The largest absolute Gasteiger partial charge is 0.349 e. The Kier molecular flexibility index (Phi) is 5.05. The summed E-state index contributed by atoms with van der Waals surface area (Å²) in [6, 6.07) is 3.56. The van der Waals surface area contributed by atoms with Crippen LogP contribution >= 0.6 is 11.8 Å². The third kappa shape index (κ3) is 3.75. The highest BCUT2D eigenvalue weighted by molar-refractivity contribution is 8.00. The molecule has 0 radical (unpaired) electrons. The Morgan fingerprint density at radius 1 is 1.65 bits per heavy atom. The van der Waals surface area contributed by atoms with Crippen LogP contribution in [0.15, 0.2) is 18.3 Å². The van der Waals surface area contributed by atoms with Crippen LogP contribution < -0.4 is 11.1 Å². The van der Waals surface area contributed by atoms with Crippen molar-refractivity contribution in [3.63, 3.8) is 0 Å². The number of thioether (sulfide) groups is 1. The Hall–Kier alpha value is -1.51. The third-order valence-corrected chi connectivity index (χ3v) is 4.81. The van der Waals surface area contributed by atoms with Crippen molar-refractivity contribution in [2.24, 2.45) is 5.73 Å². The lowest BCUT2D eigenvalue weighted by atomic mass is 10.1. The zero-order chi connectivity index (χ0) is 14.4. The number of nitrogens with one attached hydrogen (secondary N) is 1. The van der Waals surface area contributed by atoms with Crippen molar-refractivity contribution in [1.29, 1.82) is 0 Å².